The van der Waals surface area contributed by atoms with Crippen LogP contribution in [0.2, 0.25) is 0 Å². The maximum Gasteiger partial charge on any atom is 0.242 e. The third-order valence-electron chi connectivity index (χ3n) is 7.32. The molecule has 2 aliphatic rings. The van der Waals surface area contributed by atoms with Crippen LogP contribution in [0.25, 0.3) is 0 Å². The van der Waals surface area contributed by atoms with E-state index in [1.807, 2.05) is 52.1 Å². The number of carbonyl (C=O) groups is 1. The lowest BCUT2D eigenvalue weighted by Crippen LogP contribution is -2.68. The minimum absolute atomic E-state index is 0.0150. The fourth-order valence-corrected chi connectivity index (χ4v) is 5.55. The van der Waals surface area contributed by atoms with Crippen molar-refractivity contribution < 1.29 is 9.18 Å². The molecule has 0 unspecified atom stereocenters. The van der Waals surface area contributed by atoms with E-state index in [-0.39, 0.29) is 11.9 Å². The molecule has 1 atom stereocenters. The number of aromatic nitrogens is 2. The molecule has 1 fully saturated rings. The molecule has 2 aromatic carbocycles. The fraction of sp³-hybridized carbons (Fsp3) is 0.357. The van der Waals surface area contributed by atoms with E-state index in [2.05, 4.69) is 16.3 Å². The van der Waals surface area contributed by atoms with E-state index < -0.39 is 12.1 Å². The number of anilines is 2. The predicted octanol–water partition coefficient (Wildman–Crippen LogP) is 4.34. The van der Waals surface area contributed by atoms with Gasteiger partial charge in [0.05, 0.1) is 29.9 Å². The number of alkyl halides is 1. The second-order valence-corrected chi connectivity index (χ2v) is 9.89. The lowest BCUT2D eigenvalue weighted by Gasteiger charge is -2.52. The minimum atomic E-state index is -0.766. The Morgan fingerprint density at radius 1 is 1.19 bits per heavy atom. The quantitative estimate of drug-likeness (QED) is 0.580. The van der Waals surface area contributed by atoms with Crippen molar-refractivity contribution in [3.05, 3.63) is 81.8 Å². The Kier molecular flexibility index (Phi) is 5.97. The molecule has 1 aromatic heterocycles. The molecular formula is C28H29FN6O. The molecule has 36 heavy (non-hydrogen) atoms. The summed E-state index contributed by atoms with van der Waals surface area (Å²) in [4.78, 5) is 27.3. The van der Waals surface area contributed by atoms with Gasteiger partial charge in [-0.25, -0.2) is 14.4 Å². The number of amides is 1. The lowest BCUT2D eigenvalue weighted by molar-refractivity contribution is -0.131. The summed E-state index contributed by atoms with van der Waals surface area (Å²) in [7, 11) is 1.99. The number of likely N-dealkylation sites (N-methyl/N-ethyl adjacent to an activating group) is 1. The number of nitriles is 1. The van der Waals surface area contributed by atoms with Crippen LogP contribution in [-0.2, 0) is 23.4 Å². The Balaban J connectivity index is 1.60. The Labute approximate surface area is 210 Å². The van der Waals surface area contributed by atoms with Gasteiger partial charge in [-0.3, -0.25) is 4.79 Å². The van der Waals surface area contributed by atoms with Crippen LogP contribution in [0.1, 0.15) is 52.3 Å². The molecule has 1 amide bonds. The summed E-state index contributed by atoms with van der Waals surface area (Å²) in [6, 6.07) is 14.9. The Bertz CT molecular complexity index is 1390. The highest BCUT2D eigenvalue weighted by Gasteiger charge is 2.56. The smallest absolute Gasteiger partial charge is 0.242 e. The number of nitrogens with zero attached hydrogens (tertiary/aromatic N) is 5. The van der Waals surface area contributed by atoms with E-state index in [0.717, 1.165) is 22.4 Å². The van der Waals surface area contributed by atoms with E-state index in [1.54, 1.807) is 23.1 Å². The standard InChI is InChI=1S/C28H29FN6O/c1-17-21(13-30)8-6-10-23(17)18(2)31-26-24-14-35(22-9-5-7-20(11-22)12-29)27(36)28(15-34(4)16-28)25(24)32-19(3)33-26/h5-11,18H,12,14-16H2,1-4H3,(H,31,32,33)/t18-/m1/s1. The van der Waals surface area contributed by atoms with Crippen LogP contribution in [-0.4, -0.2) is 40.9 Å². The molecular weight excluding hydrogens is 455 g/mol. The number of hydrogen-bond acceptors (Lipinski definition) is 6. The van der Waals surface area contributed by atoms with Crippen LogP contribution in [0.5, 0.6) is 0 Å². The summed E-state index contributed by atoms with van der Waals surface area (Å²) in [5.74, 6) is 1.26. The van der Waals surface area contributed by atoms with Crippen LogP contribution in [0.15, 0.2) is 42.5 Å². The van der Waals surface area contributed by atoms with Crippen molar-refractivity contribution in [1.29, 1.82) is 5.26 Å². The van der Waals surface area contributed by atoms with Crippen LogP contribution >= 0.6 is 0 Å². The van der Waals surface area contributed by atoms with Gasteiger partial charge in [0.2, 0.25) is 5.91 Å². The number of rotatable bonds is 5. The van der Waals surface area contributed by atoms with Crippen molar-refractivity contribution in [3.63, 3.8) is 0 Å². The SMILES string of the molecule is Cc1nc(N[C@H](C)c2cccc(C#N)c2C)c2c(n1)C1(CN(C)C1)C(=O)N(c1cccc(CF)c1)C2. The predicted molar refractivity (Wildman–Crippen MR) is 136 cm³/mol. The summed E-state index contributed by atoms with van der Waals surface area (Å²) < 4.78 is 13.4. The highest BCUT2D eigenvalue weighted by Crippen LogP contribution is 2.44. The van der Waals surface area contributed by atoms with Crippen LogP contribution in [0.4, 0.5) is 15.9 Å². The number of fused-ring (bicyclic) bond motifs is 2. The van der Waals surface area contributed by atoms with Gasteiger partial charge in [-0.15, -0.1) is 0 Å². The zero-order valence-electron chi connectivity index (χ0n) is 21.0. The van der Waals surface area contributed by atoms with Crippen molar-refractivity contribution in [1.82, 2.24) is 14.9 Å². The highest BCUT2D eigenvalue weighted by atomic mass is 19.1. The highest BCUT2D eigenvalue weighted by molar-refractivity contribution is 6.04. The monoisotopic (exact) mass is 484 g/mol. The summed E-state index contributed by atoms with van der Waals surface area (Å²) in [6.07, 6.45) is 0. The first-order valence-corrected chi connectivity index (χ1v) is 12.1. The van der Waals surface area contributed by atoms with Crippen molar-refractivity contribution in [3.8, 4) is 6.07 Å². The van der Waals surface area contributed by atoms with E-state index in [0.29, 0.717) is 48.1 Å². The maximum atomic E-state index is 13.9. The summed E-state index contributed by atoms with van der Waals surface area (Å²) in [5.41, 5.74) is 4.67. The summed E-state index contributed by atoms with van der Waals surface area (Å²) in [5, 5.41) is 13.0. The number of likely N-dealkylation sites (tertiary alicyclic amines) is 1. The zero-order chi connectivity index (χ0) is 25.6. The number of nitrogens with one attached hydrogen (secondary N) is 1. The first kappa shape index (κ1) is 23.9. The second-order valence-electron chi connectivity index (χ2n) is 9.89. The van der Waals surface area contributed by atoms with E-state index in [1.165, 1.54) is 0 Å². The molecule has 0 radical (unpaired) electrons. The first-order valence-electron chi connectivity index (χ1n) is 12.1. The van der Waals surface area contributed by atoms with Gasteiger partial charge in [-0.2, -0.15) is 5.26 Å². The molecule has 1 saturated heterocycles. The third kappa shape index (κ3) is 3.80. The van der Waals surface area contributed by atoms with E-state index in [9.17, 15) is 14.4 Å². The number of carbonyl (C=O) groups excluding carboxylic acids is 1. The largest absolute Gasteiger partial charge is 0.363 e. The average Bonchev–Trinajstić information content (AvgIpc) is 2.85. The van der Waals surface area contributed by atoms with Gasteiger partial charge in [-0.1, -0.05) is 24.3 Å². The Morgan fingerprint density at radius 3 is 2.64 bits per heavy atom. The number of aryl methyl sites for hydroxylation is 1. The molecule has 0 saturated carbocycles. The van der Waals surface area contributed by atoms with Gasteiger partial charge in [-0.05, 0) is 62.7 Å². The molecule has 3 aromatic rings. The third-order valence-corrected chi connectivity index (χ3v) is 7.32. The molecule has 7 nitrogen and oxygen atoms in total. The topological polar surface area (TPSA) is 85.1 Å². The summed E-state index contributed by atoms with van der Waals surface area (Å²) in [6.45, 7) is 6.66. The zero-order valence-corrected chi connectivity index (χ0v) is 21.0. The van der Waals surface area contributed by atoms with Crippen LogP contribution in [0, 0.1) is 25.2 Å². The van der Waals surface area contributed by atoms with E-state index >= 15 is 0 Å². The Morgan fingerprint density at radius 2 is 1.94 bits per heavy atom. The van der Waals surface area contributed by atoms with Gasteiger partial charge in [0.15, 0.2) is 0 Å². The van der Waals surface area contributed by atoms with Crippen LogP contribution in [0.3, 0.4) is 0 Å². The van der Waals surface area contributed by atoms with Crippen molar-refractivity contribution in [2.24, 2.45) is 0 Å². The molecule has 0 aliphatic carbocycles. The van der Waals surface area contributed by atoms with Gasteiger partial charge in [0.25, 0.3) is 0 Å². The molecule has 2 aliphatic heterocycles. The normalized spacial score (nSPS) is 17.3. The molecule has 1 N–H and O–H groups in total. The van der Waals surface area contributed by atoms with Gasteiger partial charge >= 0.3 is 0 Å². The van der Waals surface area contributed by atoms with Crippen molar-refractivity contribution in [2.45, 2.75) is 45.4 Å². The fourth-order valence-electron chi connectivity index (χ4n) is 5.55. The van der Waals surface area contributed by atoms with Crippen molar-refractivity contribution >= 4 is 17.4 Å². The molecule has 1 spiro atoms. The average molecular weight is 485 g/mol. The minimum Gasteiger partial charge on any atom is -0.363 e. The number of halogens is 1. The summed E-state index contributed by atoms with van der Waals surface area (Å²) >= 11 is 0. The van der Waals surface area contributed by atoms with Gasteiger partial charge in [0, 0.05) is 24.3 Å². The van der Waals surface area contributed by atoms with Crippen LogP contribution < -0.4 is 10.2 Å². The van der Waals surface area contributed by atoms with Gasteiger partial charge < -0.3 is 15.1 Å². The molecule has 3 heterocycles. The Hall–Kier alpha value is -3.83. The first-order chi connectivity index (χ1) is 17.3. The molecule has 5 rings (SSSR count). The molecule has 8 heteroatoms. The number of benzene rings is 2. The maximum absolute atomic E-state index is 13.9. The molecule has 184 valence electrons. The van der Waals surface area contributed by atoms with Crippen molar-refractivity contribution in [2.75, 3.05) is 30.4 Å². The lowest BCUT2D eigenvalue weighted by atomic mass is 9.71. The van der Waals surface area contributed by atoms with E-state index in [4.69, 9.17) is 9.97 Å². The number of hydrogen-bond donors (Lipinski definition) is 1. The second kappa shape index (κ2) is 8.99. The molecule has 0 bridgehead atoms. The van der Waals surface area contributed by atoms with Gasteiger partial charge in [0.1, 0.15) is 23.7 Å².